The number of para-hydroxylation sites is 2. The molecule has 9 heteroatoms. The van der Waals surface area contributed by atoms with Gasteiger partial charge in [-0.1, -0.05) is 35.6 Å². The summed E-state index contributed by atoms with van der Waals surface area (Å²) in [5.41, 5.74) is 3.23. The summed E-state index contributed by atoms with van der Waals surface area (Å²) in [5, 5.41) is 3.26. The van der Waals surface area contributed by atoms with Crippen LogP contribution >= 0.6 is 11.3 Å². The van der Waals surface area contributed by atoms with Gasteiger partial charge in [0.15, 0.2) is 5.13 Å². The number of carbonyl (C=O) groups excluding carboxylic acids is 1. The number of ether oxygens (including phenoxy) is 1. The number of nitrogens with one attached hydrogen (secondary N) is 1. The molecule has 1 N–H and O–H groups in total. The van der Waals surface area contributed by atoms with Crippen LogP contribution in [0.4, 0.5) is 10.8 Å². The maximum atomic E-state index is 13.3. The molecule has 4 aromatic rings. The van der Waals surface area contributed by atoms with E-state index in [1.165, 1.54) is 37.6 Å². The summed E-state index contributed by atoms with van der Waals surface area (Å²) in [6.45, 7) is 3.76. The molecule has 0 atom stereocenters. The number of amides is 1. The molecule has 0 bridgehead atoms. The van der Waals surface area contributed by atoms with E-state index in [-0.39, 0.29) is 10.5 Å². The van der Waals surface area contributed by atoms with Crippen LogP contribution in [0.3, 0.4) is 0 Å². The zero-order chi connectivity index (χ0) is 23.8. The number of fused-ring (bicyclic) bond motifs is 1. The number of aryl methyl sites for hydroxylation is 2. The Hall–Kier alpha value is -3.43. The van der Waals surface area contributed by atoms with Crippen LogP contribution in [0.5, 0.6) is 5.75 Å². The number of aromatic nitrogens is 1. The van der Waals surface area contributed by atoms with Gasteiger partial charge < -0.3 is 4.74 Å². The van der Waals surface area contributed by atoms with Crippen molar-refractivity contribution in [1.29, 1.82) is 0 Å². The van der Waals surface area contributed by atoms with Gasteiger partial charge >= 0.3 is 0 Å². The van der Waals surface area contributed by atoms with Crippen LogP contribution in [0.25, 0.3) is 10.2 Å². The number of methoxy groups -OCH3 is 1. The molecule has 1 amide bonds. The van der Waals surface area contributed by atoms with Gasteiger partial charge in [-0.3, -0.25) is 14.4 Å². The number of hydrogen-bond donors (Lipinski definition) is 1. The van der Waals surface area contributed by atoms with Crippen molar-refractivity contribution in [2.24, 2.45) is 0 Å². The highest BCUT2D eigenvalue weighted by molar-refractivity contribution is 7.92. The fraction of sp³-hybridized carbons (Fsp3) is 0.167. The van der Waals surface area contributed by atoms with Crippen LogP contribution in [0.15, 0.2) is 65.6 Å². The van der Waals surface area contributed by atoms with Crippen molar-refractivity contribution in [3.63, 3.8) is 0 Å². The lowest BCUT2D eigenvalue weighted by molar-refractivity contribution is 0.102. The second-order valence-electron chi connectivity index (χ2n) is 7.57. The molecular formula is C24H23N3O4S2. The first-order valence-electron chi connectivity index (χ1n) is 10.1. The number of anilines is 2. The Morgan fingerprint density at radius 3 is 2.58 bits per heavy atom. The van der Waals surface area contributed by atoms with Crippen LogP contribution in [-0.2, 0) is 10.0 Å². The third kappa shape index (κ3) is 4.42. The summed E-state index contributed by atoms with van der Waals surface area (Å²) in [7, 11) is -0.998. The van der Waals surface area contributed by atoms with E-state index in [4.69, 9.17) is 4.74 Å². The van der Waals surface area contributed by atoms with Crippen LogP contribution in [0.2, 0.25) is 0 Å². The van der Waals surface area contributed by atoms with Crippen molar-refractivity contribution in [3.8, 4) is 5.75 Å². The van der Waals surface area contributed by atoms with Crippen molar-refractivity contribution in [1.82, 2.24) is 4.98 Å². The maximum absolute atomic E-state index is 13.3. The summed E-state index contributed by atoms with van der Waals surface area (Å²) < 4.78 is 34.1. The zero-order valence-corrected chi connectivity index (χ0v) is 20.3. The monoisotopic (exact) mass is 481 g/mol. The van der Waals surface area contributed by atoms with Crippen molar-refractivity contribution < 1.29 is 17.9 Å². The highest BCUT2D eigenvalue weighted by Crippen LogP contribution is 2.32. The SMILES string of the molecule is COc1ccccc1N(C)S(=O)(=O)c1ccc(C)c(C(=O)Nc2nc3ccc(C)cc3s2)c1. The summed E-state index contributed by atoms with van der Waals surface area (Å²) in [5.74, 6) is 0.0139. The van der Waals surface area contributed by atoms with Gasteiger partial charge in [0.25, 0.3) is 15.9 Å². The average Bonchev–Trinajstić information content (AvgIpc) is 3.19. The third-order valence-electron chi connectivity index (χ3n) is 5.30. The minimum Gasteiger partial charge on any atom is -0.495 e. The van der Waals surface area contributed by atoms with Crippen LogP contribution in [-0.4, -0.2) is 33.5 Å². The number of thiazole rings is 1. The molecule has 0 radical (unpaired) electrons. The molecule has 0 spiro atoms. The van der Waals surface area contributed by atoms with E-state index in [0.717, 1.165) is 20.1 Å². The second-order valence-corrected chi connectivity index (χ2v) is 10.6. The van der Waals surface area contributed by atoms with E-state index >= 15 is 0 Å². The number of hydrogen-bond acceptors (Lipinski definition) is 6. The normalized spacial score (nSPS) is 11.4. The topological polar surface area (TPSA) is 88.6 Å². The Kier molecular flexibility index (Phi) is 6.09. The molecule has 0 saturated carbocycles. The van der Waals surface area contributed by atoms with E-state index < -0.39 is 15.9 Å². The minimum atomic E-state index is -3.94. The largest absolute Gasteiger partial charge is 0.495 e. The lowest BCUT2D eigenvalue weighted by atomic mass is 10.1. The quantitative estimate of drug-likeness (QED) is 0.419. The highest BCUT2D eigenvalue weighted by Gasteiger charge is 2.25. The maximum Gasteiger partial charge on any atom is 0.264 e. The fourth-order valence-electron chi connectivity index (χ4n) is 3.43. The van der Waals surface area contributed by atoms with Gasteiger partial charge in [-0.25, -0.2) is 13.4 Å². The Labute approximate surface area is 196 Å². The Balaban J connectivity index is 1.65. The minimum absolute atomic E-state index is 0.00609. The van der Waals surface area contributed by atoms with Crippen molar-refractivity contribution >= 4 is 48.3 Å². The van der Waals surface area contributed by atoms with Crippen LogP contribution in [0.1, 0.15) is 21.5 Å². The summed E-state index contributed by atoms with van der Waals surface area (Å²) >= 11 is 1.37. The van der Waals surface area contributed by atoms with Gasteiger partial charge in [-0.05, 0) is 61.4 Å². The predicted molar refractivity (Wildman–Crippen MR) is 132 cm³/mol. The van der Waals surface area contributed by atoms with Gasteiger partial charge in [-0.2, -0.15) is 0 Å². The van der Waals surface area contributed by atoms with Crippen LogP contribution < -0.4 is 14.4 Å². The molecule has 0 aliphatic heterocycles. The molecule has 0 unspecified atom stereocenters. The third-order valence-corrected chi connectivity index (χ3v) is 8.00. The number of benzene rings is 3. The van der Waals surface area contributed by atoms with Crippen molar-refractivity contribution in [2.75, 3.05) is 23.8 Å². The van der Waals surface area contributed by atoms with Gasteiger partial charge in [0, 0.05) is 12.6 Å². The standard InChI is InChI=1S/C24H23N3O4S2/c1-15-9-12-19-22(13-15)32-24(25-19)26-23(28)18-14-17(11-10-16(18)2)33(29,30)27(3)20-7-5-6-8-21(20)31-4/h5-14H,1-4H3,(H,25,26,28). The van der Waals surface area contributed by atoms with Gasteiger partial charge in [-0.15, -0.1) is 0 Å². The van der Waals surface area contributed by atoms with Crippen LogP contribution in [0, 0.1) is 13.8 Å². The predicted octanol–water partition coefficient (Wildman–Crippen LogP) is 5.00. The van der Waals surface area contributed by atoms with E-state index in [9.17, 15) is 13.2 Å². The fourth-order valence-corrected chi connectivity index (χ4v) is 5.63. The van der Waals surface area contributed by atoms with Gasteiger partial charge in [0.05, 0.1) is 27.9 Å². The van der Waals surface area contributed by atoms with Crippen molar-refractivity contribution in [2.45, 2.75) is 18.7 Å². The first-order chi connectivity index (χ1) is 15.7. The number of nitrogens with zero attached hydrogens (tertiary/aromatic N) is 2. The Morgan fingerprint density at radius 1 is 1.06 bits per heavy atom. The summed E-state index contributed by atoms with van der Waals surface area (Å²) in [4.78, 5) is 17.5. The van der Waals surface area contributed by atoms with E-state index in [1.807, 2.05) is 25.1 Å². The number of sulfonamides is 1. The second kappa shape index (κ2) is 8.84. The molecule has 0 aliphatic carbocycles. The van der Waals surface area contributed by atoms with E-state index in [2.05, 4.69) is 10.3 Å². The smallest absolute Gasteiger partial charge is 0.264 e. The van der Waals surface area contributed by atoms with Crippen molar-refractivity contribution in [3.05, 3.63) is 77.4 Å². The van der Waals surface area contributed by atoms with E-state index in [1.54, 1.807) is 37.3 Å². The molecule has 0 saturated heterocycles. The highest BCUT2D eigenvalue weighted by atomic mass is 32.2. The molecule has 0 fully saturated rings. The first kappa shape index (κ1) is 22.8. The molecule has 0 aliphatic rings. The average molecular weight is 482 g/mol. The molecule has 1 aromatic heterocycles. The molecule has 33 heavy (non-hydrogen) atoms. The van der Waals surface area contributed by atoms with E-state index in [0.29, 0.717) is 22.1 Å². The lowest BCUT2D eigenvalue weighted by Crippen LogP contribution is -2.27. The molecule has 4 rings (SSSR count). The molecular weight excluding hydrogens is 458 g/mol. The summed E-state index contributed by atoms with van der Waals surface area (Å²) in [6.07, 6.45) is 0. The first-order valence-corrected chi connectivity index (χ1v) is 12.4. The number of rotatable bonds is 6. The molecule has 1 heterocycles. The number of carbonyl (C=O) groups is 1. The summed E-state index contributed by atoms with van der Waals surface area (Å²) in [6, 6.07) is 17.2. The zero-order valence-electron chi connectivity index (χ0n) is 18.6. The molecule has 3 aromatic carbocycles. The Morgan fingerprint density at radius 2 is 1.82 bits per heavy atom. The lowest BCUT2D eigenvalue weighted by Gasteiger charge is -2.22. The Bertz CT molecular complexity index is 1460. The van der Waals surface area contributed by atoms with Gasteiger partial charge in [0.1, 0.15) is 5.75 Å². The molecule has 170 valence electrons. The molecule has 7 nitrogen and oxygen atoms in total. The van der Waals surface area contributed by atoms with Gasteiger partial charge in [0.2, 0.25) is 0 Å².